The van der Waals surface area contributed by atoms with Gasteiger partial charge >= 0.3 is 5.97 Å². The summed E-state index contributed by atoms with van der Waals surface area (Å²) >= 11 is 8.44. The number of methoxy groups -OCH3 is 1. The van der Waals surface area contributed by atoms with Gasteiger partial charge in [-0.3, -0.25) is 0 Å². The number of aryl methyl sites for hydroxylation is 2. The number of thiazole rings is 1. The third-order valence-corrected chi connectivity index (χ3v) is 4.73. The zero-order valence-corrected chi connectivity index (χ0v) is 15.1. The van der Waals surface area contributed by atoms with Gasteiger partial charge in [0.15, 0.2) is 10.8 Å². The second-order valence-corrected chi connectivity index (χ2v) is 7.06. The van der Waals surface area contributed by atoms with Crippen molar-refractivity contribution in [3.63, 3.8) is 0 Å². The average Bonchev–Trinajstić information content (AvgIpc) is 2.74. The van der Waals surface area contributed by atoms with Gasteiger partial charge in [0, 0.05) is 13.8 Å². The molecule has 106 valence electrons. The lowest BCUT2D eigenvalue weighted by molar-refractivity contribution is 0.0594. The summed E-state index contributed by atoms with van der Waals surface area (Å²) in [5.74, 6) is -0.422. The number of hydrogen-bond donors (Lipinski definition) is 1. The molecule has 0 atom stereocenters. The first-order chi connectivity index (χ1) is 9.42. The molecule has 1 aromatic heterocycles. The summed E-state index contributed by atoms with van der Waals surface area (Å²) in [6, 6.07) is 4.02. The second-order valence-electron chi connectivity index (χ2n) is 4.14. The Balaban J connectivity index is 2.34. The lowest BCUT2D eigenvalue weighted by Crippen LogP contribution is -2.03. The number of ether oxygens (including phenoxy) is 1. The molecule has 1 heterocycles. The number of nitrogens with one attached hydrogen (secondary N) is 1. The lowest BCUT2D eigenvalue weighted by Gasteiger charge is -2.09. The van der Waals surface area contributed by atoms with Crippen LogP contribution in [0.1, 0.15) is 20.9 Å². The number of rotatable bonds is 3. The molecule has 2 rings (SSSR count). The Bertz CT molecular complexity index is 647. The molecule has 20 heavy (non-hydrogen) atoms. The minimum absolute atomic E-state index is 0.347. The summed E-state index contributed by atoms with van der Waals surface area (Å²) in [6.07, 6.45) is 0. The fourth-order valence-electron chi connectivity index (χ4n) is 1.66. The van der Waals surface area contributed by atoms with Crippen LogP contribution in [0.4, 0.5) is 10.8 Å². The molecular formula is C13H12Br2N2O2S. The summed E-state index contributed by atoms with van der Waals surface area (Å²) in [5, 5.41) is 3.86. The van der Waals surface area contributed by atoms with Crippen LogP contribution in [0.5, 0.6) is 0 Å². The maximum absolute atomic E-state index is 11.6. The molecule has 1 aromatic carbocycles. The molecule has 0 spiro atoms. The van der Waals surface area contributed by atoms with E-state index in [9.17, 15) is 4.79 Å². The van der Waals surface area contributed by atoms with E-state index in [0.29, 0.717) is 10.8 Å². The van der Waals surface area contributed by atoms with Crippen LogP contribution in [0.25, 0.3) is 0 Å². The number of esters is 1. The van der Waals surface area contributed by atoms with Crippen molar-refractivity contribution in [3.05, 3.63) is 37.2 Å². The highest BCUT2D eigenvalue weighted by atomic mass is 79.9. The Kier molecular flexibility index (Phi) is 4.82. The molecule has 0 amide bonds. The molecule has 0 saturated carbocycles. The van der Waals surface area contributed by atoms with Crippen LogP contribution < -0.4 is 5.32 Å². The summed E-state index contributed by atoms with van der Waals surface area (Å²) < 4.78 is 6.56. The third kappa shape index (κ3) is 3.21. The summed E-state index contributed by atoms with van der Waals surface area (Å²) in [6.45, 7) is 3.86. The minimum atomic E-state index is -0.422. The van der Waals surface area contributed by atoms with Gasteiger partial charge in [-0.2, -0.15) is 0 Å². The van der Waals surface area contributed by atoms with Crippen LogP contribution in [0.3, 0.4) is 0 Å². The van der Waals surface area contributed by atoms with E-state index in [0.717, 1.165) is 25.1 Å². The van der Waals surface area contributed by atoms with Gasteiger partial charge in [-0.05, 0) is 63.4 Å². The molecule has 2 aromatic rings. The Labute approximate surface area is 137 Å². The molecule has 0 saturated heterocycles. The van der Waals surface area contributed by atoms with E-state index in [-0.39, 0.29) is 0 Å². The molecule has 0 radical (unpaired) electrons. The SMILES string of the molecule is COC(=O)c1nc(Nc2c(Br)cc(C)cc2Br)sc1C. The molecular weight excluding hydrogens is 408 g/mol. The first kappa shape index (κ1) is 15.5. The van der Waals surface area contributed by atoms with Gasteiger partial charge in [0.1, 0.15) is 0 Å². The van der Waals surface area contributed by atoms with E-state index >= 15 is 0 Å². The van der Waals surface area contributed by atoms with E-state index in [4.69, 9.17) is 4.74 Å². The van der Waals surface area contributed by atoms with Gasteiger partial charge in [0.2, 0.25) is 0 Å². The van der Waals surface area contributed by atoms with Crippen LogP contribution in [-0.4, -0.2) is 18.1 Å². The highest BCUT2D eigenvalue weighted by Gasteiger charge is 2.17. The standard InChI is InChI=1S/C13H12Br2N2O2S/c1-6-4-8(14)11(9(15)5-6)17-13-16-10(7(2)20-13)12(18)19-3/h4-5H,1-3H3,(H,16,17). The lowest BCUT2D eigenvalue weighted by atomic mass is 10.2. The Hall–Kier alpha value is -0.920. The molecule has 7 heteroatoms. The quantitative estimate of drug-likeness (QED) is 0.725. The van der Waals surface area contributed by atoms with Crippen molar-refractivity contribution in [1.82, 2.24) is 4.98 Å². The minimum Gasteiger partial charge on any atom is -0.464 e. The smallest absolute Gasteiger partial charge is 0.357 e. The first-order valence-electron chi connectivity index (χ1n) is 5.70. The number of anilines is 2. The fourth-order valence-corrected chi connectivity index (χ4v) is 4.08. The number of hydrogen-bond acceptors (Lipinski definition) is 5. The van der Waals surface area contributed by atoms with E-state index in [1.54, 1.807) is 0 Å². The van der Waals surface area contributed by atoms with Crippen molar-refractivity contribution in [2.75, 3.05) is 12.4 Å². The van der Waals surface area contributed by atoms with Gasteiger partial charge in [0.25, 0.3) is 0 Å². The van der Waals surface area contributed by atoms with E-state index < -0.39 is 5.97 Å². The van der Waals surface area contributed by atoms with Gasteiger partial charge in [-0.15, -0.1) is 11.3 Å². The maximum atomic E-state index is 11.6. The van der Waals surface area contributed by atoms with Crippen LogP contribution in [-0.2, 0) is 4.74 Å². The molecule has 0 bridgehead atoms. The number of carbonyl (C=O) groups excluding carboxylic acids is 1. The van der Waals surface area contributed by atoms with Crippen molar-refractivity contribution >= 4 is 60.0 Å². The maximum Gasteiger partial charge on any atom is 0.357 e. The number of halogens is 2. The van der Waals surface area contributed by atoms with Crippen LogP contribution in [0.2, 0.25) is 0 Å². The molecule has 1 N–H and O–H groups in total. The number of carbonyl (C=O) groups is 1. The monoisotopic (exact) mass is 418 g/mol. The fraction of sp³-hybridized carbons (Fsp3) is 0.231. The van der Waals surface area contributed by atoms with Gasteiger partial charge in [0.05, 0.1) is 12.8 Å². The molecule has 0 aliphatic carbocycles. The van der Waals surface area contributed by atoms with Gasteiger partial charge in [-0.25, -0.2) is 9.78 Å². The van der Waals surface area contributed by atoms with E-state index in [1.807, 2.05) is 26.0 Å². The number of aromatic nitrogens is 1. The van der Waals surface area contributed by atoms with Crippen molar-refractivity contribution in [2.45, 2.75) is 13.8 Å². The highest BCUT2D eigenvalue weighted by Crippen LogP contribution is 2.36. The zero-order chi connectivity index (χ0) is 14.9. The van der Waals surface area contributed by atoms with Crippen LogP contribution in [0, 0.1) is 13.8 Å². The van der Waals surface area contributed by atoms with E-state index in [1.165, 1.54) is 18.4 Å². The zero-order valence-electron chi connectivity index (χ0n) is 11.1. The van der Waals surface area contributed by atoms with E-state index in [2.05, 4.69) is 42.2 Å². The summed E-state index contributed by atoms with van der Waals surface area (Å²) in [4.78, 5) is 16.6. The van der Waals surface area contributed by atoms with Gasteiger partial charge in [-0.1, -0.05) is 0 Å². The van der Waals surface area contributed by atoms with Crippen LogP contribution >= 0.6 is 43.2 Å². The second kappa shape index (κ2) is 6.24. The van der Waals surface area contributed by atoms with Crippen LogP contribution in [0.15, 0.2) is 21.1 Å². The van der Waals surface area contributed by atoms with Crippen molar-refractivity contribution < 1.29 is 9.53 Å². The Morgan fingerprint density at radius 3 is 2.45 bits per heavy atom. The first-order valence-corrected chi connectivity index (χ1v) is 8.11. The normalized spacial score (nSPS) is 10.4. The average molecular weight is 420 g/mol. The number of nitrogens with zero attached hydrogens (tertiary/aromatic N) is 1. The van der Waals surface area contributed by atoms with Gasteiger partial charge < -0.3 is 10.1 Å². The highest BCUT2D eigenvalue weighted by molar-refractivity contribution is 9.11. The third-order valence-electron chi connectivity index (χ3n) is 2.59. The molecule has 0 fully saturated rings. The largest absolute Gasteiger partial charge is 0.464 e. The van der Waals surface area contributed by atoms with Crippen molar-refractivity contribution in [3.8, 4) is 0 Å². The Morgan fingerprint density at radius 1 is 1.30 bits per heavy atom. The van der Waals surface area contributed by atoms with Crippen molar-refractivity contribution in [2.24, 2.45) is 0 Å². The summed E-state index contributed by atoms with van der Waals surface area (Å²) in [5.41, 5.74) is 2.36. The van der Waals surface area contributed by atoms with Crippen molar-refractivity contribution in [1.29, 1.82) is 0 Å². The molecule has 0 unspecified atom stereocenters. The molecule has 0 aliphatic rings. The topological polar surface area (TPSA) is 51.2 Å². The molecule has 4 nitrogen and oxygen atoms in total. The predicted molar refractivity (Wildman–Crippen MR) is 88.1 cm³/mol. The molecule has 0 aliphatic heterocycles. The summed E-state index contributed by atoms with van der Waals surface area (Å²) in [7, 11) is 1.35. The number of benzene rings is 1. The predicted octanol–water partition coefficient (Wildman–Crippen LogP) is 4.82. The Morgan fingerprint density at radius 2 is 1.90 bits per heavy atom.